The largest absolute Gasteiger partial charge is 0.450 e. The van der Waals surface area contributed by atoms with E-state index in [1.54, 1.807) is 6.92 Å². The number of nitrogens with one attached hydrogen (secondary N) is 2. The van der Waals surface area contributed by atoms with Crippen molar-refractivity contribution in [2.45, 2.75) is 51.1 Å². The molecular formula is C14H25N3O3. The lowest BCUT2D eigenvalue weighted by molar-refractivity contribution is -0.122. The summed E-state index contributed by atoms with van der Waals surface area (Å²) in [6.45, 7) is 4.28. The third kappa shape index (κ3) is 4.18. The highest BCUT2D eigenvalue weighted by Gasteiger charge is 2.32. The predicted octanol–water partition coefficient (Wildman–Crippen LogP) is 0.866. The SMILES string of the molecule is CCOC(=O)NC(=O)CN1CCCCC1C1CCCN1. The predicted molar refractivity (Wildman–Crippen MR) is 75.4 cm³/mol. The first-order chi connectivity index (χ1) is 9.70. The first kappa shape index (κ1) is 15.3. The average molecular weight is 283 g/mol. The molecule has 0 spiro atoms. The van der Waals surface area contributed by atoms with Gasteiger partial charge >= 0.3 is 6.09 Å². The Labute approximate surface area is 120 Å². The monoisotopic (exact) mass is 283 g/mol. The van der Waals surface area contributed by atoms with Crippen LogP contribution < -0.4 is 10.6 Å². The first-order valence-electron chi connectivity index (χ1n) is 7.64. The summed E-state index contributed by atoms with van der Waals surface area (Å²) in [5, 5.41) is 5.80. The fourth-order valence-electron chi connectivity index (χ4n) is 3.21. The summed E-state index contributed by atoms with van der Waals surface area (Å²) < 4.78 is 4.73. The second kappa shape index (κ2) is 7.59. The van der Waals surface area contributed by atoms with Crippen molar-refractivity contribution in [1.29, 1.82) is 0 Å². The fraction of sp³-hybridized carbons (Fsp3) is 0.857. The number of carbonyl (C=O) groups is 2. The number of imide groups is 1. The van der Waals surface area contributed by atoms with E-state index >= 15 is 0 Å². The van der Waals surface area contributed by atoms with E-state index in [2.05, 4.69) is 15.5 Å². The standard InChI is InChI=1S/C14H25N3O3/c1-2-20-14(19)16-13(18)10-17-9-4-3-7-12(17)11-6-5-8-15-11/h11-12,15H,2-10H2,1H3,(H,16,18,19). The molecule has 114 valence electrons. The van der Waals surface area contributed by atoms with Crippen LogP contribution in [0.5, 0.6) is 0 Å². The Balaban J connectivity index is 1.84. The molecule has 0 aliphatic carbocycles. The van der Waals surface area contributed by atoms with E-state index in [-0.39, 0.29) is 19.1 Å². The number of carbonyl (C=O) groups excluding carboxylic acids is 2. The van der Waals surface area contributed by atoms with Gasteiger partial charge in [-0.25, -0.2) is 4.79 Å². The second-order valence-corrected chi connectivity index (χ2v) is 5.51. The van der Waals surface area contributed by atoms with Crippen LogP contribution in [0.25, 0.3) is 0 Å². The minimum absolute atomic E-state index is 0.270. The molecule has 0 aromatic rings. The van der Waals surface area contributed by atoms with Gasteiger partial charge in [-0.05, 0) is 45.7 Å². The number of alkyl carbamates (subject to hydrolysis) is 1. The van der Waals surface area contributed by atoms with Crippen LogP contribution in [0.4, 0.5) is 4.79 Å². The van der Waals surface area contributed by atoms with Crippen molar-refractivity contribution in [1.82, 2.24) is 15.5 Å². The minimum atomic E-state index is -0.648. The van der Waals surface area contributed by atoms with Crippen LogP contribution in [-0.4, -0.2) is 55.2 Å². The Kier molecular flexibility index (Phi) is 5.79. The molecule has 0 bridgehead atoms. The van der Waals surface area contributed by atoms with Crippen molar-refractivity contribution in [2.75, 3.05) is 26.2 Å². The van der Waals surface area contributed by atoms with Gasteiger partial charge in [0.25, 0.3) is 0 Å². The Hall–Kier alpha value is -1.14. The molecule has 6 nitrogen and oxygen atoms in total. The Morgan fingerprint density at radius 2 is 2.15 bits per heavy atom. The van der Waals surface area contributed by atoms with Crippen LogP contribution in [0.15, 0.2) is 0 Å². The molecule has 20 heavy (non-hydrogen) atoms. The Bertz CT molecular complexity index is 343. The van der Waals surface area contributed by atoms with Gasteiger partial charge in [0.1, 0.15) is 0 Å². The van der Waals surface area contributed by atoms with Crippen LogP contribution in [0.2, 0.25) is 0 Å². The highest BCUT2D eigenvalue weighted by atomic mass is 16.5. The molecule has 6 heteroatoms. The van der Waals surface area contributed by atoms with E-state index in [0.29, 0.717) is 12.1 Å². The molecule has 0 aromatic carbocycles. The van der Waals surface area contributed by atoms with Gasteiger partial charge in [0, 0.05) is 12.1 Å². The summed E-state index contributed by atoms with van der Waals surface area (Å²) >= 11 is 0. The number of hydrogen-bond acceptors (Lipinski definition) is 5. The normalized spacial score (nSPS) is 27.2. The van der Waals surface area contributed by atoms with E-state index in [9.17, 15) is 9.59 Å². The average Bonchev–Trinajstić information content (AvgIpc) is 2.93. The summed E-state index contributed by atoms with van der Waals surface area (Å²) in [7, 11) is 0. The van der Waals surface area contributed by atoms with Gasteiger partial charge in [-0.1, -0.05) is 6.42 Å². The molecular weight excluding hydrogens is 258 g/mol. The van der Waals surface area contributed by atoms with Gasteiger partial charge in [-0.2, -0.15) is 0 Å². The molecule has 2 N–H and O–H groups in total. The van der Waals surface area contributed by atoms with Gasteiger partial charge in [0.15, 0.2) is 0 Å². The highest BCUT2D eigenvalue weighted by Crippen LogP contribution is 2.23. The second-order valence-electron chi connectivity index (χ2n) is 5.51. The zero-order valence-corrected chi connectivity index (χ0v) is 12.2. The number of nitrogens with zero attached hydrogens (tertiary/aromatic N) is 1. The Morgan fingerprint density at radius 1 is 1.30 bits per heavy atom. The van der Waals surface area contributed by atoms with Gasteiger partial charge in [0.05, 0.1) is 13.2 Å². The number of hydrogen-bond donors (Lipinski definition) is 2. The zero-order valence-electron chi connectivity index (χ0n) is 12.2. The van der Waals surface area contributed by atoms with Gasteiger partial charge in [0.2, 0.25) is 5.91 Å². The van der Waals surface area contributed by atoms with E-state index in [0.717, 1.165) is 25.9 Å². The summed E-state index contributed by atoms with van der Waals surface area (Å²) in [5.41, 5.74) is 0. The maximum Gasteiger partial charge on any atom is 0.413 e. The number of likely N-dealkylation sites (tertiary alicyclic amines) is 1. The lowest BCUT2D eigenvalue weighted by atomic mass is 9.94. The van der Waals surface area contributed by atoms with Crippen molar-refractivity contribution >= 4 is 12.0 Å². The van der Waals surface area contributed by atoms with Gasteiger partial charge in [-0.3, -0.25) is 15.0 Å². The van der Waals surface area contributed by atoms with Crippen LogP contribution in [-0.2, 0) is 9.53 Å². The van der Waals surface area contributed by atoms with Crippen LogP contribution in [0.1, 0.15) is 39.0 Å². The molecule has 0 saturated carbocycles. The summed E-state index contributed by atoms with van der Waals surface area (Å²) in [4.78, 5) is 25.3. The van der Waals surface area contributed by atoms with Crippen LogP contribution >= 0.6 is 0 Å². The number of piperidine rings is 1. The molecule has 2 aliphatic rings. The molecule has 0 radical (unpaired) electrons. The molecule has 2 rings (SSSR count). The third-order valence-electron chi connectivity index (χ3n) is 4.09. The summed E-state index contributed by atoms with van der Waals surface area (Å²) in [6, 6.07) is 0.907. The van der Waals surface area contributed by atoms with E-state index in [4.69, 9.17) is 4.74 Å². The first-order valence-corrected chi connectivity index (χ1v) is 7.64. The number of rotatable bonds is 4. The van der Waals surface area contributed by atoms with Crippen molar-refractivity contribution in [3.8, 4) is 0 Å². The number of ether oxygens (including phenoxy) is 1. The lowest BCUT2D eigenvalue weighted by Gasteiger charge is -2.38. The van der Waals surface area contributed by atoms with Crippen LogP contribution in [0, 0.1) is 0 Å². The topological polar surface area (TPSA) is 70.7 Å². The molecule has 2 fully saturated rings. The highest BCUT2D eigenvalue weighted by molar-refractivity contribution is 5.92. The third-order valence-corrected chi connectivity index (χ3v) is 4.09. The van der Waals surface area contributed by atoms with E-state index in [1.807, 2.05) is 0 Å². The quantitative estimate of drug-likeness (QED) is 0.801. The summed E-state index contributed by atoms with van der Waals surface area (Å²) in [6.07, 6.45) is 5.22. The molecule has 2 aliphatic heterocycles. The molecule has 2 amide bonds. The van der Waals surface area contributed by atoms with E-state index < -0.39 is 6.09 Å². The van der Waals surface area contributed by atoms with Crippen molar-refractivity contribution < 1.29 is 14.3 Å². The molecule has 2 heterocycles. The molecule has 2 unspecified atom stereocenters. The zero-order chi connectivity index (χ0) is 14.4. The van der Waals surface area contributed by atoms with Crippen molar-refractivity contribution in [2.24, 2.45) is 0 Å². The van der Waals surface area contributed by atoms with Crippen LogP contribution in [0.3, 0.4) is 0 Å². The minimum Gasteiger partial charge on any atom is -0.450 e. The van der Waals surface area contributed by atoms with Crippen molar-refractivity contribution in [3.63, 3.8) is 0 Å². The van der Waals surface area contributed by atoms with E-state index in [1.165, 1.54) is 19.3 Å². The molecule has 0 aromatic heterocycles. The molecule has 2 saturated heterocycles. The van der Waals surface area contributed by atoms with Crippen molar-refractivity contribution in [3.05, 3.63) is 0 Å². The maximum absolute atomic E-state index is 11.9. The van der Waals surface area contributed by atoms with Gasteiger partial charge < -0.3 is 10.1 Å². The molecule has 2 atom stereocenters. The summed E-state index contributed by atoms with van der Waals surface area (Å²) in [5.74, 6) is -0.270. The maximum atomic E-state index is 11.9. The smallest absolute Gasteiger partial charge is 0.413 e. The fourth-order valence-corrected chi connectivity index (χ4v) is 3.21. The Morgan fingerprint density at radius 3 is 2.85 bits per heavy atom. The number of amides is 2. The lowest BCUT2D eigenvalue weighted by Crippen LogP contribution is -2.53. The van der Waals surface area contributed by atoms with Gasteiger partial charge in [-0.15, -0.1) is 0 Å².